The van der Waals surface area contributed by atoms with Gasteiger partial charge in [0, 0.05) is 26.2 Å². The Morgan fingerprint density at radius 2 is 1.59 bits per heavy atom. The molecule has 0 saturated carbocycles. The molecule has 2 aromatic carbocycles. The fraction of sp³-hybridized carbons (Fsp3) is 0.350. The van der Waals surface area contributed by atoms with E-state index in [0.29, 0.717) is 24.6 Å². The molecule has 2 aromatic rings. The Hall–Kier alpha value is -2.65. The van der Waals surface area contributed by atoms with Gasteiger partial charge in [-0.25, -0.2) is 12.8 Å². The summed E-state index contributed by atoms with van der Waals surface area (Å²) in [5.74, 6) is 0.557. The van der Waals surface area contributed by atoms with E-state index >= 15 is 0 Å². The molecule has 1 fully saturated rings. The summed E-state index contributed by atoms with van der Waals surface area (Å²) in [7, 11) is -0.629. The molecule has 0 aromatic heterocycles. The van der Waals surface area contributed by atoms with Crippen molar-refractivity contribution in [2.24, 2.45) is 0 Å². The second-order valence-corrected chi connectivity index (χ2v) is 8.54. The van der Waals surface area contributed by atoms with Crippen molar-refractivity contribution in [3.05, 3.63) is 53.8 Å². The zero-order valence-electron chi connectivity index (χ0n) is 16.3. The molecule has 1 aliphatic heterocycles. The summed E-state index contributed by atoms with van der Waals surface area (Å²) in [6.45, 7) is 0.980. The minimum atomic E-state index is -3.71. The maximum absolute atomic E-state index is 13.1. The van der Waals surface area contributed by atoms with Crippen LogP contribution in [-0.4, -0.2) is 63.9 Å². The lowest BCUT2D eigenvalue weighted by molar-refractivity contribution is -0.131. The lowest BCUT2D eigenvalue weighted by Crippen LogP contribution is -2.50. The Morgan fingerprint density at radius 1 is 0.966 bits per heavy atom. The minimum Gasteiger partial charge on any atom is -0.493 e. The third-order valence-corrected chi connectivity index (χ3v) is 6.76. The van der Waals surface area contributed by atoms with Crippen LogP contribution in [0.15, 0.2) is 47.4 Å². The van der Waals surface area contributed by atoms with Crippen molar-refractivity contribution >= 4 is 15.9 Å². The fourth-order valence-electron chi connectivity index (χ4n) is 3.21. The van der Waals surface area contributed by atoms with Crippen molar-refractivity contribution < 1.29 is 27.1 Å². The average molecular weight is 422 g/mol. The van der Waals surface area contributed by atoms with Crippen LogP contribution in [0.25, 0.3) is 0 Å². The first kappa shape index (κ1) is 21.1. The van der Waals surface area contributed by atoms with E-state index in [1.54, 1.807) is 30.2 Å². The Morgan fingerprint density at radius 3 is 2.17 bits per heavy atom. The normalized spacial score (nSPS) is 15.2. The number of rotatable bonds is 6. The molecule has 1 heterocycles. The van der Waals surface area contributed by atoms with Crippen LogP contribution >= 0.6 is 0 Å². The topological polar surface area (TPSA) is 76.2 Å². The molecule has 0 bridgehead atoms. The first-order valence-electron chi connectivity index (χ1n) is 9.09. The van der Waals surface area contributed by atoms with Gasteiger partial charge in [-0.15, -0.1) is 0 Å². The highest BCUT2D eigenvalue weighted by Gasteiger charge is 2.30. The predicted molar refractivity (Wildman–Crippen MR) is 105 cm³/mol. The van der Waals surface area contributed by atoms with Crippen molar-refractivity contribution in [2.75, 3.05) is 40.4 Å². The van der Waals surface area contributed by atoms with Gasteiger partial charge in [-0.3, -0.25) is 4.79 Å². The number of benzene rings is 2. The average Bonchev–Trinajstić information content (AvgIpc) is 2.74. The van der Waals surface area contributed by atoms with Crippen LogP contribution in [0.4, 0.5) is 4.39 Å². The highest BCUT2D eigenvalue weighted by Crippen LogP contribution is 2.28. The van der Waals surface area contributed by atoms with Crippen molar-refractivity contribution in [1.82, 2.24) is 9.21 Å². The van der Waals surface area contributed by atoms with Gasteiger partial charge in [0.2, 0.25) is 15.9 Å². The summed E-state index contributed by atoms with van der Waals surface area (Å²) in [5.41, 5.74) is 0.786. The van der Waals surface area contributed by atoms with Gasteiger partial charge in [-0.2, -0.15) is 4.31 Å². The van der Waals surface area contributed by atoms with E-state index in [-0.39, 0.29) is 30.3 Å². The highest BCUT2D eigenvalue weighted by molar-refractivity contribution is 7.89. The number of halogens is 1. The van der Waals surface area contributed by atoms with E-state index in [1.807, 2.05) is 0 Å². The molecule has 3 rings (SSSR count). The Balaban J connectivity index is 1.61. The van der Waals surface area contributed by atoms with Gasteiger partial charge in [0.1, 0.15) is 5.82 Å². The molecule has 0 N–H and O–H groups in total. The number of nitrogens with zero attached hydrogens (tertiary/aromatic N) is 2. The lowest BCUT2D eigenvalue weighted by atomic mass is 10.1. The van der Waals surface area contributed by atoms with Crippen molar-refractivity contribution in [1.29, 1.82) is 0 Å². The first-order chi connectivity index (χ1) is 13.8. The van der Waals surface area contributed by atoms with Crippen molar-refractivity contribution in [3.63, 3.8) is 0 Å². The first-order valence-corrected chi connectivity index (χ1v) is 10.5. The van der Waals surface area contributed by atoms with Crippen molar-refractivity contribution in [2.45, 2.75) is 11.3 Å². The number of sulfonamides is 1. The third-order valence-electron chi connectivity index (χ3n) is 4.85. The maximum Gasteiger partial charge on any atom is 0.243 e. The summed E-state index contributed by atoms with van der Waals surface area (Å²) in [5, 5.41) is 0. The van der Waals surface area contributed by atoms with Crippen LogP contribution in [0.2, 0.25) is 0 Å². The minimum absolute atomic E-state index is 0.0454. The molecule has 0 radical (unpaired) electrons. The van der Waals surface area contributed by atoms with E-state index in [9.17, 15) is 17.6 Å². The zero-order valence-corrected chi connectivity index (χ0v) is 17.1. The molecular weight excluding hydrogens is 399 g/mol. The van der Waals surface area contributed by atoms with Crippen LogP contribution in [0.5, 0.6) is 11.5 Å². The summed E-state index contributed by atoms with van der Waals surface area (Å²) >= 11 is 0. The van der Waals surface area contributed by atoms with E-state index in [2.05, 4.69) is 0 Å². The number of amides is 1. The van der Waals surface area contributed by atoms with Gasteiger partial charge in [-0.05, 0) is 42.0 Å². The van der Waals surface area contributed by atoms with E-state index in [1.165, 1.54) is 23.5 Å². The predicted octanol–water partition coefficient (Wildman–Crippen LogP) is 1.92. The number of hydrogen-bond donors (Lipinski definition) is 0. The Labute approximate surface area is 169 Å². The molecule has 9 heteroatoms. The monoisotopic (exact) mass is 422 g/mol. The van der Waals surface area contributed by atoms with Gasteiger partial charge in [0.05, 0.1) is 25.5 Å². The third kappa shape index (κ3) is 4.68. The van der Waals surface area contributed by atoms with Crippen LogP contribution in [0.1, 0.15) is 5.56 Å². The van der Waals surface area contributed by atoms with Crippen LogP contribution in [0.3, 0.4) is 0 Å². The fourth-order valence-corrected chi connectivity index (χ4v) is 4.63. The van der Waals surface area contributed by atoms with E-state index in [0.717, 1.165) is 17.7 Å². The molecule has 1 saturated heterocycles. The Bertz CT molecular complexity index is 971. The summed E-state index contributed by atoms with van der Waals surface area (Å²) in [6, 6.07) is 10.0. The van der Waals surface area contributed by atoms with Gasteiger partial charge in [0.25, 0.3) is 0 Å². The van der Waals surface area contributed by atoms with Gasteiger partial charge < -0.3 is 14.4 Å². The molecular formula is C20H23FN2O5S. The smallest absolute Gasteiger partial charge is 0.243 e. The van der Waals surface area contributed by atoms with E-state index < -0.39 is 15.8 Å². The van der Waals surface area contributed by atoms with Crippen molar-refractivity contribution in [3.8, 4) is 11.5 Å². The van der Waals surface area contributed by atoms with E-state index in [4.69, 9.17) is 9.47 Å². The summed E-state index contributed by atoms with van der Waals surface area (Å²) < 4.78 is 50.2. The number of carbonyl (C=O) groups is 1. The Kier molecular flexibility index (Phi) is 6.39. The quantitative estimate of drug-likeness (QED) is 0.711. The molecule has 0 atom stereocenters. The number of carbonyl (C=O) groups excluding carboxylic acids is 1. The second-order valence-electron chi connectivity index (χ2n) is 6.60. The van der Waals surface area contributed by atoms with Crippen LogP contribution in [0, 0.1) is 5.82 Å². The van der Waals surface area contributed by atoms with Gasteiger partial charge >= 0.3 is 0 Å². The SMILES string of the molecule is COc1ccc(CC(=O)N2CCN(S(=O)(=O)c3ccc(F)cc3)CC2)cc1OC. The molecule has 7 nitrogen and oxygen atoms in total. The lowest BCUT2D eigenvalue weighted by Gasteiger charge is -2.34. The molecule has 156 valence electrons. The van der Waals surface area contributed by atoms with Gasteiger partial charge in [-0.1, -0.05) is 6.07 Å². The number of piperazine rings is 1. The molecule has 1 amide bonds. The number of hydrogen-bond acceptors (Lipinski definition) is 5. The maximum atomic E-state index is 13.1. The summed E-state index contributed by atoms with van der Waals surface area (Å²) in [6.07, 6.45) is 0.186. The number of methoxy groups -OCH3 is 2. The van der Waals surface area contributed by atoms with Gasteiger partial charge in [0.15, 0.2) is 11.5 Å². The number of ether oxygens (including phenoxy) is 2. The van der Waals surface area contributed by atoms with Crippen LogP contribution < -0.4 is 9.47 Å². The molecule has 29 heavy (non-hydrogen) atoms. The summed E-state index contributed by atoms with van der Waals surface area (Å²) in [4.78, 5) is 14.3. The van der Waals surface area contributed by atoms with Crippen LogP contribution in [-0.2, 0) is 21.2 Å². The molecule has 0 aliphatic carbocycles. The highest BCUT2D eigenvalue weighted by atomic mass is 32.2. The molecule has 0 unspecified atom stereocenters. The largest absolute Gasteiger partial charge is 0.493 e. The molecule has 0 spiro atoms. The standard InChI is InChI=1S/C20H23FN2O5S/c1-27-18-8-3-15(13-19(18)28-2)14-20(24)22-9-11-23(12-10-22)29(25,26)17-6-4-16(21)5-7-17/h3-8,13H,9-12,14H2,1-2H3. The molecule has 1 aliphatic rings. The second kappa shape index (κ2) is 8.79. The zero-order chi connectivity index (χ0) is 21.0.